The van der Waals surface area contributed by atoms with Crippen molar-refractivity contribution >= 4 is 27.9 Å². The molecule has 4 heteroatoms. The summed E-state index contributed by atoms with van der Waals surface area (Å²) in [4.78, 5) is 10.7. The third kappa shape index (κ3) is 6.41. The summed E-state index contributed by atoms with van der Waals surface area (Å²) in [5, 5.41) is 3.01. The van der Waals surface area contributed by atoms with Gasteiger partial charge in [-0.1, -0.05) is 42.4 Å². The molecule has 1 N–H and O–H groups in total. The zero-order valence-electron chi connectivity index (χ0n) is 9.01. The number of carbonyl (C=O) groups excluding carboxylic acids is 1. The fraction of sp³-hybridized carbons (Fsp3) is 0.889. The van der Waals surface area contributed by atoms with Gasteiger partial charge in [0.25, 0.3) is 0 Å². The Hall–Kier alpha value is 0.330. The predicted molar refractivity (Wildman–Crippen MR) is 63.3 cm³/mol. The second kappa shape index (κ2) is 5.27. The maximum atomic E-state index is 10.7. The van der Waals surface area contributed by atoms with Crippen molar-refractivity contribution in [3.63, 3.8) is 0 Å². The molecule has 0 saturated carbocycles. The first-order valence-corrected chi connectivity index (χ1v) is 6.61. The molecule has 0 rings (SSSR count). The van der Waals surface area contributed by atoms with E-state index in [2.05, 4.69) is 26.1 Å². The zero-order valence-corrected chi connectivity index (χ0v) is 10.6. The second-order valence-electron chi connectivity index (χ2n) is 4.24. The van der Waals surface area contributed by atoms with E-state index in [1.807, 2.05) is 24.8 Å². The van der Waals surface area contributed by atoms with E-state index in [1.165, 1.54) is 0 Å². The standard InChI is InChI=1S/C9H19NOS2/c1-8(2,3)13-12-7-9(4,6-11)10-5/h6,10H,7H2,1-5H3/t9-/m1/s1. The van der Waals surface area contributed by atoms with Crippen LogP contribution in [0.4, 0.5) is 0 Å². The molecule has 0 aromatic rings. The van der Waals surface area contributed by atoms with E-state index in [4.69, 9.17) is 0 Å². The molecule has 0 aliphatic carbocycles. The summed E-state index contributed by atoms with van der Waals surface area (Å²) in [5.41, 5.74) is -0.386. The van der Waals surface area contributed by atoms with Gasteiger partial charge in [-0.25, -0.2) is 0 Å². The lowest BCUT2D eigenvalue weighted by Gasteiger charge is -2.23. The highest BCUT2D eigenvalue weighted by Crippen LogP contribution is 2.36. The third-order valence-electron chi connectivity index (χ3n) is 1.50. The van der Waals surface area contributed by atoms with Crippen LogP contribution in [0, 0.1) is 0 Å². The van der Waals surface area contributed by atoms with Gasteiger partial charge in [0.05, 0.1) is 5.54 Å². The highest BCUT2D eigenvalue weighted by molar-refractivity contribution is 8.77. The van der Waals surface area contributed by atoms with E-state index in [0.29, 0.717) is 0 Å². The zero-order chi connectivity index (χ0) is 10.5. The number of hydrogen-bond acceptors (Lipinski definition) is 4. The minimum absolute atomic E-state index is 0.252. The van der Waals surface area contributed by atoms with Crippen molar-refractivity contribution in [2.75, 3.05) is 12.8 Å². The average molecular weight is 221 g/mol. The topological polar surface area (TPSA) is 29.1 Å². The minimum atomic E-state index is -0.386. The van der Waals surface area contributed by atoms with Gasteiger partial charge in [-0.15, -0.1) is 0 Å². The van der Waals surface area contributed by atoms with Crippen LogP contribution in [0.1, 0.15) is 27.7 Å². The van der Waals surface area contributed by atoms with Gasteiger partial charge in [-0.05, 0) is 14.0 Å². The van der Waals surface area contributed by atoms with Crippen molar-refractivity contribution in [2.24, 2.45) is 0 Å². The molecule has 78 valence electrons. The van der Waals surface area contributed by atoms with Gasteiger partial charge in [0.15, 0.2) is 0 Å². The average Bonchev–Trinajstić information content (AvgIpc) is 2.02. The Morgan fingerprint density at radius 1 is 1.31 bits per heavy atom. The Balaban J connectivity index is 3.81. The lowest BCUT2D eigenvalue weighted by Crippen LogP contribution is -2.43. The van der Waals surface area contributed by atoms with Gasteiger partial charge in [-0.3, -0.25) is 0 Å². The number of likely N-dealkylation sites (N-methyl/N-ethyl adjacent to an activating group) is 1. The van der Waals surface area contributed by atoms with E-state index in [1.54, 1.807) is 10.8 Å². The molecule has 0 unspecified atom stereocenters. The van der Waals surface area contributed by atoms with Crippen molar-refractivity contribution < 1.29 is 4.79 Å². The van der Waals surface area contributed by atoms with Gasteiger partial charge < -0.3 is 10.1 Å². The van der Waals surface area contributed by atoms with Crippen LogP contribution < -0.4 is 5.32 Å². The summed E-state index contributed by atoms with van der Waals surface area (Å²) in [5.74, 6) is 0.801. The largest absolute Gasteiger partial charge is 0.308 e. The van der Waals surface area contributed by atoms with Crippen molar-refractivity contribution in [1.82, 2.24) is 5.32 Å². The maximum Gasteiger partial charge on any atom is 0.140 e. The molecule has 0 aliphatic rings. The molecule has 0 heterocycles. The van der Waals surface area contributed by atoms with Crippen LogP contribution in [-0.4, -0.2) is 29.4 Å². The summed E-state index contributed by atoms with van der Waals surface area (Å²) in [6.07, 6.45) is 0.975. The molecular formula is C9H19NOS2. The molecule has 0 radical (unpaired) electrons. The van der Waals surface area contributed by atoms with Crippen LogP contribution in [0.5, 0.6) is 0 Å². The first-order valence-electron chi connectivity index (χ1n) is 4.29. The van der Waals surface area contributed by atoms with E-state index in [-0.39, 0.29) is 10.3 Å². The molecule has 0 aromatic heterocycles. The molecule has 0 fully saturated rings. The number of hydrogen-bond donors (Lipinski definition) is 1. The fourth-order valence-corrected chi connectivity index (χ4v) is 3.34. The molecular weight excluding hydrogens is 202 g/mol. The molecule has 0 amide bonds. The van der Waals surface area contributed by atoms with E-state index >= 15 is 0 Å². The van der Waals surface area contributed by atoms with Gasteiger partial charge in [0, 0.05) is 10.5 Å². The van der Waals surface area contributed by atoms with Gasteiger partial charge in [-0.2, -0.15) is 0 Å². The number of rotatable bonds is 5. The first-order chi connectivity index (χ1) is 5.83. The Bertz CT molecular complexity index is 167. The maximum absolute atomic E-state index is 10.7. The first kappa shape index (κ1) is 13.3. The van der Waals surface area contributed by atoms with Gasteiger partial charge >= 0.3 is 0 Å². The minimum Gasteiger partial charge on any atom is -0.308 e. The summed E-state index contributed by atoms with van der Waals surface area (Å²) >= 11 is 0. The van der Waals surface area contributed by atoms with Crippen LogP contribution in [0.3, 0.4) is 0 Å². The van der Waals surface area contributed by atoms with Crippen molar-refractivity contribution in [1.29, 1.82) is 0 Å². The quantitative estimate of drug-likeness (QED) is 0.570. The third-order valence-corrected chi connectivity index (χ3v) is 5.04. The molecule has 1 atom stereocenters. The SMILES string of the molecule is CN[C@](C)(C=O)CSSC(C)(C)C. The van der Waals surface area contributed by atoms with Crippen LogP contribution in [0.25, 0.3) is 0 Å². The molecule has 0 aromatic carbocycles. The van der Waals surface area contributed by atoms with Crippen LogP contribution in [-0.2, 0) is 4.79 Å². The predicted octanol–water partition coefficient (Wildman–Crippen LogP) is 2.34. The van der Waals surface area contributed by atoms with E-state index < -0.39 is 0 Å². The molecule has 0 bridgehead atoms. The lowest BCUT2D eigenvalue weighted by molar-refractivity contribution is -0.111. The summed E-state index contributed by atoms with van der Waals surface area (Å²) in [6, 6.07) is 0. The number of aldehydes is 1. The normalized spacial score (nSPS) is 16.7. The summed E-state index contributed by atoms with van der Waals surface area (Å²) in [6.45, 7) is 8.42. The molecule has 0 saturated heterocycles. The summed E-state index contributed by atoms with van der Waals surface area (Å²) in [7, 11) is 5.36. The highest BCUT2D eigenvalue weighted by atomic mass is 33.1. The van der Waals surface area contributed by atoms with Crippen LogP contribution in [0.2, 0.25) is 0 Å². The van der Waals surface area contributed by atoms with Crippen molar-refractivity contribution in [3.8, 4) is 0 Å². The number of nitrogens with one attached hydrogen (secondary N) is 1. The smallest absolute Gasteiger partial charge is 0.140 e. The van der Waals surface area contributed by atoms with Gasteiger partial charge in [0.2, 0.25) is 0 Å². The van der Waals surface area contributed by atoms with E-state index in [0.717, 1.165) is 12.0 Å². The monoisotopic (exact) mass is 221 g/mol. The Morgan fingerprint density at radius 3 is 2.15 bits per heavy atom. The van der Waals surface area contributed by atoms with Crippen LogP contribution >= 0.6 is 21.6 Å². The Labute approximate surface area is 89.0 Å². The van der Waals surface area contributed by atoms with Crippen LogP contribution in [0.15, 0.2) is 0 Å². The fourth-order valence-electron chi connectivity index (χ4n) is 0.494. The summed E-state index contributed by atoms with van der Waals surface area (Å²) < 4.78 is 0.252. The van der Waals surface area contributed by atoms with Crippen molar-refractivity contribution in [3.05, 3.63) is 0 Å². The molecule has 2 nitrogen and oxygen atoms in total. The highest BCUT2D eigenvalue weighted by Gasteiger charge is 2.22. The lowest BCUT2D eigenvalue weighted by atomic mass is 10.1. The Kier molecular flexibility index (Phi) is 5.40. The van der Waals surface area contributed by atoms with Gasteiger partial charge in [0.1, 0.15) is 6.29 Å². The molecule has 0 spiro atoms. The van der Waals surface area contributed by atoms with Crippen molar-refractivity contribution in [2.45, 2.75) is 38.0 Å². The second-order valence-corrected chi connectivity index (χ2v) is 7.37. The Morgan fingerprint density at radius 2 is 1.85 bits per heavy atom. The molecule has 13 heavy (non-hydrogen) atoms. The van der Waals surface area contributed by atoms with E-state index in [9.17, 15) is 4.79 Å². The molecule has 0 aliphatic heterocycles. The number of carbonyl (C=O) groups is 1.